The number of nitrogens with one attached hydrogen (secondary N) is 1. The van der Waals surface area contributed by atoms with Gasteiger partial charge in [-0.3, -0.25) is 14.0 Å². The first kappa shape index (κ1) is 22.0. The van der Waals surface area contributed by atoms with Gasteiger partial charge >= 0.3 is 5.69 Å². The largest absolute Gasteiger partial charge is 0.353 e. The van der Waals surface area contributed by atoms with Gasteiger partial charge in [0.25, 0.3) is 0 Å². The molecule has 1 aromatic carbocycles. The molecular weight excluding hydrogens is 411 g/mol. The molecule has 170 valence electrons. The highest BCUT2D eigenvalue weighted by Crippen LogP contribution is 2.16. The minimum atomic E-state index is -0.305. The van der Waals surface area contributed by atoms with Crippen LogP contribution in [0.3, 0.4) is 0 Å². The first-order chi connectivity index (χ1) is 15.3. The number of aryl methyl sites for hydroxylation is 3. The molecule has 1 aliphatic heterocycles. The van der Waals surface area contributed by atoms with Gasteiger partial charge in [0.05, 0.1) is 12.2 Å². The average Bonchev–Trinajstić information content (AvgIpc) is 3.08. The molecule has 1 unspecified atom stereocenters. The predicted octanol–water partition coefficient (Wildman–Crippen LogP) is 2.04. The first-order valence-electron chi connectivity index (χ1n) is 11.0. The average molecular weight is 441 g/mol. The number of aromatic nitrogens is 5. The van der Waals surface area contributed by atoms with Crippen LogP contribution in [-0.2, 0) is 37.8 Å². The fraction of sp³-hybridized carbons (Fsp3) is 0.478. The molecule has 0 bridgehead atoms. The normalized spacial score (nSPS) is 15.9. The van der Waals surface area contributed by atoms with Crippen molar-refractivity contribution < 1.29 is 9.18 Å². The fourth-order valence-electron chi connectivity index (χ4n) is 4.36. The maximum atomic E-state index is 13.1. The van der Waals surface area contributed by atoms with Crippen LogP contribution in [0, 0.1) is 19.7 Å². The fourth-order valence-corrected chi connectivity index (χ4v) is 4.36. The second-order valence-corrected chi connectivity index (χ2v) is 8.50. The molecule has 3 aromatic rings. The number of amides is 1. The molecular formula is C23H29FN6O2. The van der Waals surface area contributed by atoms with Crippen LogP contribution in [0.4, 0.5) is 4.39 Å². The highest BCUT2D eigenvalue weighted by Gasteiger charge is 2.22. The van der Waals surface area contributed by atoms with E-state index in [-0.39, 0.29) is 23.5 Å². The molecule has 9 heteroatoms. The van der Waals surface area contributed by atoms with Crippen molar-refractivity contribution in [2.24, 2.45) is 7.05 Å². The lowest BCUT2D eigenvalue weighted by Gasteiger charge is -2.16. The number of fused-ring (bicyclic) bond motifs is 1. The highest BCUT2D eigenvalue weighted by molar-refractivity contribution is 5.76. The number of carbonyl (C=O) groups is 1. The summed E-state index contributed by atoms with van der Waals surface area (Å²) < 4.78 is 18.1. The molecule has 0 saturated heterocycles. The van der Waals surface area contributed by atoms with E-state index in [0.717, 1.165) is 34.8 Å². The van der Waals surface area contributed by atoms with Crippen LogP contribution in [-0.4, -0.2) is 36.1 Å². The summed E-state index contributed by atoms with van der Waals surface area (Å²) in [5.74, 6) is 0.446. The summed E-state index contributed by atoms with van der Waals surface area (Å²) in [5.41, 5.74) is 3.84. The van der Waals surface area contributed by atoms with Crippen molar-refractivity contribution in [3.8, 4) is 0 Å². The van der Waals surface area contributed by atoms with E-state index in [2.05, 4.69) is 15.5 Å². The standard InChI is InChI=1S/C23H29FN6O2/c1-15-20(16(2)28(3)26-15)9-11-22(31)25-19-8-10-21-27-30(23(32)29(21)13-12-19)14-17-4-6-18(24)7-5-17/h4-7,19H,8-14H2,1-3H3,(H,25,31). The topological polar surface area (TPSA) is 86.7 Å². The molecule has 1 amide bonds. The van der Waals surface area contributed by atoms with Gasteiger partial charge in [-0.15, -0.1) is 0 Å². The summed E-state index contributed by atoms with van der Waals surface area (Å²) >= 11 is 0. The van der Waals surface area contributed by atoms with Crippen molar-refractivity contribution >= 4 is 5.91 Å². The van der Waals surface area contributed by atoms with Crippen molar-refractivity contribution in [3.05, 3.63) is 68.9 Å². The Kier molecular flexibility index (Phi) is 6.25. The molecule has 0 radical (unpaired) electrons. The van der Waals surface area contributed by atoms with Crippen LogP contribution < -0.4 is 11.0 Å². The second-order valence-electron chi connectivity index (χ2n) is 8.50. The van der Waals surface area contributed by atoms with Gasteiger partial charge in [0, 0.05) is 38.2 Å². The van der Waals surface area contributed by atoms with Crippen LogP contribution in [0.2, 0.25) is 0 Å². The summed E-state index contributed by atoms with van der Waals surface area (Å²) in [4.78, 5) is 25.3. The number of halogens is 1. The maximum Gasteiger partial charge on any atom is 0.346 e. The van der Waals surface area contributed by atoms with Crippen LogP contribution in [0.1, 0.15) is 47.6 Å². The third-order valence-electron chi connectivity index (χ3n) is 6.29. The minimum Gasteiger partial charge on any atom is -0.353 e. The zero-order valence-electron chi connectivity index (χ0n) is 18.8. The molecule has 4 rings (SSSR count). The Balaban J connectivity index is 1.33. The maximum absolute atomic E-state index is 13.1. The Bertz CT molecular complexity index is 1170. The monoisotopic (exact) mass is 440 g/mol. The smallest absolute Gasteiger partial charge is 0.346 e. The molecule has 8 nitrogen and oxygen atoms in total. The molecule has 3 heterocycles. The van der Waals surface area contributed by atoms with E-state index in [1.807, 2.05) is 25.6 Å². The van der Waals surface area contributed by atoms with E-state index in [1.165, 1.54) is 16.8 Å². The lowest BCUT2D eigenvalue weighted by molar-refractivity contribution is -0.121. The van der Waals surface area contributed by atoms with Gasteiger partial charge in [-0.1, -0.05) is 12.1 Å². The first-order valence-corrected chi connectivity index (χ1v) is 11.0. The summed E-state index contributed by atoms with van der Waals surface area (Å²) in [5, 5.41) is 12.0. The van der Waals surface area contributed by atoms with E-state index in [0.29, 0.717) is 38.8 Å². The van der Waals surface area contributed by atoms with Gasteiger partial charge in [-0.2, -0.15) is 10.2 Å². The van der Waals surface area contributed by atoms with E-state index in [4.69, 9.17) is 0 Å². The summed E-state index contributed by atoms with van der Waals surface area (Å²) in [6.07, 6.45) is 3.13. The lowest BCUT2D eigenvalue weighted by atomic mass is 10.1. The molecule has 32 heavy (non-hydrogen) atoms. The molecule has 0 saturated carbocycles. The number of hydrogen-bond acceptors (Lipinski definition) is 4. The van der Waals surface area contributed by atoms with Crippen LogP contribution in [0.15, 0.2) is 29.1 Å². The molecule has 1 N–H and O–H groups in total. The third-order valence-corrected chi connectivity index (χ3v) is 6.29. The number of benzene rings is 1. The van der Waals surface area contributed by atoms with Crippen LogP contribution in [0.5, 0.6) is 0 Å². The van der Waals surface area contributed by atoms with Crippen LogP contribution >= 0.6 is 0 Å². The molecule has 1 atom stereocenters. The van der Waals surface area contributed by atoms with Crippen molar-refractivity contribution in [3.63, 3.8) is 0 Å². The molecule has 0 fully saturated rings. The lowest BCUT2D eigenvalue weighted by Crippen LogP contribution is -2.36. The van der Waals surface area contributed by atoms with E-state index >= 15 is 0 Å². The highest BCUT2D eigenvalue weighted by atomic mass is 19.1. The number of hydrogen-bond donors (Lipinski definition) is 1. The predicted molar refractivity (Wildman–Crippen MR) is 118 cm³/mol. The van der Waals surface area contributed by atoms with E-state index in [1.54, 1.807) is 16.7 Å². The Morgan fingerprint density at radius 2 is 1.94 bits per heavy atom. The van der Waals surface area contributed by atoms with E-state index < -0.39 is 0 Å². The van der Waals surface area contributed by atoms with Gasteiger partial charge in [-0.05, 0) is 56.4 Å². The quantitative estimate of drug-likeness (QED) is 0.636. The van der Waals surface area contributed by atoms with Crippen molar-refractivity contribution in [2.75, 3.05) is 0 Å². The van der Waals surface area contributed by atoms with Gasteiger partial charge in [-0.25, -0.2) is 13.9 Å². The molecule has 2 aromatic heterocycles. The van der Waals surface area contributed by atoms with Crippen molar-refractivity contribution in [2.45, 2.75) is 65.1 Å². The van der Waals surface area contributed by atoms with Crippen molar-refractivity contribution in [1.82, 2.24) is 29.4 Å². The van der Waals surface area contributed by atoms with Crippen molar-refractivity contribution in [1.29, 1.82) is 0 Å². The minimum absolute atomic E-state index is 0.0187. The molecule has 1 aliphatic rings. The van der Waals surface area contributed by atoms with Crippen LogP contribution in [0.25, 0.3) is 0 Å². The SMILES string of the molecule is Cc1nn(C)c(C)c1CCC(=O)NC1CCc2nn(Cc3ccc(F)cc3)c(=O)n2CC1. The van der Waals surface area contributed by atoms with Gasteiger partial charge in [0.2, 0.25) is 5.91 Å². The summed E-state index contributed by atoms with van der Waals surface area (Å²) in [7, 11) is 1.91. The third kappa shape index (κ3) is 4.66. The number of carbonyl (C=O) groups excluding carboxylic acids is 1. The number of nitrogens with zero attached hydrogens (tertiary/aromatic N) is 5. The Labute approximate surface area is 186 Å². The molecule has 0 spiro atoms. The molecule has 0 aliphatic carbocycles. The van der Waals surface area contributed by atoms with Gasteiger partial charge in [0.1, 0.15) is 11.6 Å². The van der Waals surface area contributed by atoms with Gasteiger partial charge < -0.3 is 5.32 Å². The van der Waals surface area contributed by atoms with Gasteiger partial charge in [0.15, 0.2) is 0 Å². The number of rotatable bonds is 6. The zero-order valence-corrected chi connectivity index (χ0v) is 18.8. The summed E-state index contributed by atoms with van der Waals surface area (Å²) in [6.45, 7) is 4.81. The summed E-state index contributed by atoms with van der Waals surface area (Å²) in [6, 6.07) is 6.10. The Morgan fingerprint density at radius 1 is 1.19 bits per heavy atom. The Hall–Kier alpha value is -3.23. The zero-order chi connectivity index (χ0) is 22.8. The Morgan fingerprint density at radius 3 is 2.62 bits per heavy atom. The second kappa shape index (κ2) is 9.10. The van der Waals surface area contributed by atoms with E-state index in [9.17, 15) is 14.0 Å².